The van der Waals surface area contributed by atoms with Crippen LogP contribution in [-0.4, -0.2) is 44.6 Å². The molecule has 0 aliphatic carbocycles. The Morgan fingerprint density at radius 2 is 1.92 bits per heavy atom. The summed E-state index contributed by atoms with van der Waals surface area (Å²) in [6.45, 7) is 3.59. The van der Waals surface area contributed by atoms with Crippen LogP contribution < -0.4 is 10.2 Å². The van der Waals surface area contributed by atoms with Gasteiger partial charge in [0.2, 0.25) is 5.65 Å². The van der Waals surface area contributed by atoms with Gasteiger partial charge in [0.1, 0.15) is 5.82 Å². The Balaban J connectivity index is 1.42. The summed E-state index contributed by atoms with van der Waals surface area (Å²) in [6.07, 6.45) is 5.42. The van der Waals surface area contributed by atoms with Crippen molar-refractivity contribution < 1.29 is 4.79 Å². The van der Waals surface area contributed by atoms with Crippen molar-refractivity contribution in [1.29, 1.82) is 0 Å². The Bertz CT molecular complexity index is 883. The molecule has 2 aromatic heterocycles. The first-order chi connectivity index (χ1) is 12.2. The number of nitrogens with zero attached hydrogens (tertiary/aromatic N) is 5. The van der Waals surface area contributed by atoms with Crippen LogP contribution in [0.25, 0.3) is 5.65 Å². The molecule has 3 heterocycles. The minimum absolute atomic E-state index is 0.00708. The highest BCUT2D eigenvalue weighted by atomic mass is 16.1. The molecule has 1 N–H and O–H groups in total. The molecule has 4 rings (SSSR count). The van der Waals surface area contributed by atoms with Crippen molar-refractivity contribution in [3.05, 3.63) is 54.1 Å². The van der Waals surface area contributed by atoms with Crippen molar-refractivity contribution in [3.63, 3.8) is 0 Å². The third-order valence-corrected chi connectivity index (χ3v) is 4.64. The van der Waals surface area contributed by atoms with E-state index in [9.17, 15) is 4.79 Å². The van der Waals surface area contributed by atoms with Crippen molar-refractivity contribution in [3.8, 4) is 0 Å². The highest BCUT2D eigenvalue weighted by Crippen LogP contribution is 2.22. The van der Waals surface area contributed by atoms with Gasteiger partial charge in [0.25, 0.3) is 5.91 Å². The molecule has 1 saturated heterocycles. The molecule has 1 aliphatic rings. The summed E-state index contributed by atoms with van der Waals surface area (Å²) in [5, 5.41) is 11.5. The predicted octanol–water partition coefficient (Wildman–Crippen LogP) is 1.83. The molecule has 7 nitrogen and oxygen atoms in total. The molecule has 1 fully saturated rings. The fraction of sp³-hybridized carbons (Fsp3) is 0.333. The maximum Gasteiger partial charge on any atom is 0.251 e. The van der Waals surface area contributed by atoms with Crippen molar-refractivity contribution in [2.24, 2.45) is 0 Å². The number of aryl methyl sites for hydroxylation is 1. The van der Waals surface area contributed by atoms with Crippen LogP contribution in [0.5, 0.6) is 0 Å². The predicted molar refractivity (Wildman–Crippen MR) is 94.7 cm³/mol. The van der Waals surface area contributed by atoms with Crippen molar-refractivity contribution in [2.75, 3.05) is 18.0 Å². The van der Waals surface area contributed by atoms with Gasteiger partial charge in [-0.05, 0) is 31.9 Å². The second-order valence-electron chi connectivity index (χ2n) is 6.29. The third kappa shape index (κ3) is 3.05. The molecule has 7 heteroatoms. The third-order valence-electron chi connectivity index (χ3n) is 4.64. The van der Waals surface area contributed by atoms with Crippen LogP contribution >= 0.6 is 0 Å². The zero-order chi connectivity index (χ0) is 17.2. The van der Waals surface area contributed by atoms with Crippen LogP contribution in [0.15, 0.2) is 42.7 Å². The molecular weight excluding hydrogens is 316 g/mol. The number of hydrogen-bond acceptors (Lipinski definition) is 5. The van der Waals surface area contributed by atoms with E-state index in [-0.39, 0.29) is 11.9 Å². The van der Waals surface area contributed by atoms with Gasteiger partial charge in [0, 0.05) is 37.1 Å². The van der Waals surface area contributed by atoms with Crippen LogP contribution in [0.4, 0.5) is 5.82 Å². The first kappa shape index (κ1) is 15.6. The smallest absolute Gasteiger partial charge is 0.251 e. The number of carbonyl (C=O) groups is 1. The summed E-state index contributed by atoms with van der Waals surface area (Å²) in [6, 6.07) is 9.53. The fourth-order valence-electron chi connectivity index (χ4n) is 3.25. The lowest BCUT2D eigenvalue weighted by molar-refractivity contribution is 0.0931. The number of piperidine rings is 1. The quantitative estimate of drug-likeness (QED) is 0.790. The number of rotatable bonds is 3. The zero-order valence-electron chi connectivity index (χ0n) is 14.1. The number of fused-ring (bicyclic) bond motifs is 1. The number of hydrogen-bond donors (Lipinski definition) is 1. The lowest BCUT2D eigenvalue weighted by Gasteiger charge is -2.33. The van der Waals surface area contributed by atoms with Gasteiger partial charge in [0.15, 0.2) is 5.82 Å². The average molecular weight is 336 g/mol. The zero-order valence-corrected chi connectivity index (χ0v) is 14.1. The van der Waals surface area contributed by atoms with Gasteiger partial charge < -0.3 is 10.2 Å². The number of nitrogens with one attached hydrogen (secondary N) is 1. The van der Waals surface area contributed by atoms with Gasteiger partial charge in [-0.15, -0.1) is 10.2 Å². The van der Waals surface area contributed by atoms with Crippen molar-refractivity contribution >= 4 is 17.4 Å². The largest absolute Gasteiger partial charge is 0.353 e. The molecule has 25 heavy (non-hydrogen) atoms. The summed E-state index contributed by atoms with van der Waals surface area (Å²) in [5.41, 5.74) is 1.49. The SMILES string of the molecule is Cc1nnc2c(N3CCC(NC(=O)c4ccccc4)CC3)nccn12. The Hall–Kier alpha value is -2.96. The molecule has 128 valence electrons. The number of anilines is 1. The lowest BCUT2D eigenvalue weighted by atomic mass is 10.0. The normalized spacial score (nSPS) is 15.5. The highest BCUT2D eigenvalue weighted by molar-refractivity contribution is 5.94. The first-order valence-corrected chi connectivity index (χ1v) is 8.49. The van der Waals surface area contributed by atoms with Gasteiger partial charge in [-0.1, -0.05) is 18.2 Å². The van der Waals surface area contributed by atoms with Crippen LogP contribution in [-0.2, 0) is 0 Å². The number of benzene rings is 1. The maximum absolute atomic E-state index is 12.3. The summed E-state index contributed by atoms with van der Waals surface area (Å²) in [4.78, 5) is 19.0. The van der Waals surface area contributed by atoms with E-state index < -0.39 is 0 Å². The minimum Gasteiger partial charge on any atom is -0.353 e. The number of amides is 1. The molecule has 0 radical (unpaired) electrons. The van der Waals surface area contributed by atoms with Crippen molar-refractivity contribution in [2.45, 2.75) is 25.8 Å². The standard InChI is InChI=1S/C18H20N6O/c1-13-21-22-17-16(19-9-12-24(13)17)23-10-7-15(8-11-23)20-18(25)14-5-3-2-4-6-14/h2-6,9,12,15H,7-8,10-11H2,1H3,(H,20,25). The monoisotopic (exact) mass is 336 g/mol. The van der Waals surface area contributed by atoms with E-state index in [1.165, 1.54) is 0 Å². The Morgan fingerprint density at radius 1 is 1.16 bits per heavy atom. The van der Waals surface area contributed by atoms with Gasteiger partial charge in [-0.25, -0.2) is 4.98 Å². The fourth-order valence-corrected chi connectivity index (χ4v) is 3.25. The average Bonchev–Trinajstić information content (AvgIpc) is 3.04. The van der Waals surface area contributed by atoms with E-state index in [4.69, 9.17) is 0 Å². The molecular formula is C18H20N6O. The number of carbonyl (C=O) groups excluding carboxylic acids is 1. The second kappa shape index (κ2) is 6.51. The van der Waals surface area contributed by atoms with Crippen LogP contribution in [0.2, 0.25) is 0 Å². The van der Waals surface area contributed by atoms with E-state index in [2.05, 4.69) is 25.4 Å². The van der Waals surface area contributed by atoms with E-state index >= 15 is 0 Å². The Labute approximate surface area is 145 Å². The molecule has 0 spiro atoms. The van der Waals surface area contributed by atoms with E-state index in [1.807, 2.05) is 47.9 Å². The van der Waals surface area contributed by atoms with Gasteiger partial charge in [-0.3, -0.25) is 9.20 Å². The molecule has 3 aromatic rings. The maximum atomic E-state index is 12.3. The molecule has 1 aliphatic heterocycles. The summed E-state index contributed by atoms with van der Waals surface area (Å²) in [5.74, 6) is 1.70. The molecule has 0 atom stereocenters. The Morgan fingerprint density at radius 3 is 2.68 bits per heavy atom. The first-order valence-electron chi connectivity index (χ1n) is 8.49. The van der Waals surface area contributed by atoms with Gasteiger partial charge in [-0.2, -0.15) is 0 Å². The summed E-state index contributed by atoms with van der Waals surface area (Å²) < 4.78 is 1.95. The van der Waals surface area contributed by atoms with E-state index in [0.29, 0.717) is 5.56 Å². The summed E-state index contributed by atoms with van der Waals surface area (Å²) >= 11 is 0. The highest BCUT2D eigenvalue weighted by Gasteiger charge is 2.24. The molecule has 0 unspecified atom stereocenters. The topological polar surface area (TPSA) is 75.4 Å². The van der Waals surface area contributed by atoms with Crippen LogP contribution in [0.3, 0.4) is 0 Å². The van der Waals surface area contributed by atoms with E-state index in [0.717, 1.165) is 43.2 Å². The lowest BCUT2D eigenvalue weighted by Crippen LogP contribution is -2.45. The second-order valence-corrected chi connectivity index (χ2v) is 6.29. The molecule has 1 amide bonds. The molecule has 0 saturated carbocycles. The van der Waals surface area contributed by atoms with Gasteiger partial charge >= 0.3 is 0 Å². The minimum atomic E-state index is -0.00708. The van der Waals surface area contributed by atoms with Crippen LogP contribution in [0.1, 0.15) is 29.0 Å². The number of aromatic nitrogens is 4. The van der Waals surface area contributed by atoms with Crippen molar-refractivity contribution in [1.82, 2.24) is 24.9 Å². The summed E-state index contributed by atoms with van der Waals surface area (Å²) in [7, 11) is 0. The van der Waals surface area contributed by atoms with Crippen LogP contribution in [0, 0.1) is 6.92 Å². The van der Waals surface area contributed by atoms with E-state index in [1.54, 1.807) is 6.20 Å². The Kier molecular flexibility index (Phi) is 4.05. The molecule has 1 aromatic carbocycles. The van der Waals surface area contributed by atoms with Gasteiger partial charge in [0.05, 0.1) is 0 Å². The molecule has 0 bridgehead atoms.